The molecule has 1 aliphatic rings. The lowest BCUT2D eigenvalue weighted by molar-refractivity contribution is -0.128. The Bertz CT molecular complexity index is 1200. The average Bonchev–Trinajstić information content (AvgIpc) is 3.24. The summed E-state index contributed by atoms with van der Waals surface area (Å²) in [7, 11) is -2.06. The Balaban J connectivity index is 1.34. The van der Waals surface area contributed by atoms with Crippen molar-refractivity contribution in [1.29, 1.82) is 0 Å². The molecule has 1 heterocycles. The number of nitrogens with zero attached hydrogens (tertiary/aromatic N) is 1. The number of hydrogen-bond acceptors (Lipinski definition) is 6. The van der Waals surface area contributed by atoms with Crippen molar-refractivity contribution in [1.82, 2.24) is 9.62 Å². The number of carbonyl (C=O) groups is 2. The van der Waals surface area contributed by atoms with Gasteiger partial charge in [-0.15, -0.1) is 0 Å². The summed E-state index contributed by atoms with van der Waals surface area (Å²) in [6, 6.07) is 16.7. The fourth-order valence-electron chi connectivity index (χ4n) is 4.80. The van der Waals surface area contributed by atoms with Gasteiger partial charge in [-0.25, -0.2) is 8.42 Å². The fraction of sp³-hybridized carbons (Fsp3) is 0.467. The third kappa shape index (κ3) is 10.9. The van der Waals surface area contributed by atoms with E-state index >= 15 is 0 Å². The van der Waals surface area contributed by atoms with Crippen LogP contribution in [0.2, 0.25) is 0 Å². The normalized spacial score (nSPS) is 16.6. The first-order chi connectivity index (χ1) is 18.8. The molecule has 0 unspecified atom stereocenters. The summed E-state index contributed by atoms with van der Waals surface area (Å²) >= 11 is 0. The van der Waals surface area contributed by atoms with E-state index in [0.29, 0.717) is 38.0 Å². The van der Waals surface area contributed by atoms with Crippen LogP contribution >= 0.6 is 0 Å². The SMILES string of the molecule is COCc1cccc(C[C@H](O)/C=C/[C@H]2CCC(=O)N2CCCCCCC(=O)NS(=O)(=O)Cc2ccccc2)c1. The molecule has 2 amide bonds. The lowest BCUT2D eigenvalue weighted by atomic mass is 10.0. The maximum absolute atomic E-state index is 12.4. The van der Waals surface area contributed by atoms with Crippen molar-refractivity contribution in [3.8, 4) is 0 Å². The third-order valence-corrected chi connectivity index (χ3v) is 7.95. The largest absolute Gasteiger partial charge is 0.389 e. The second-order valence-electron chi connectivity index (χ2n) is 10.0. The molecule has 2 N–H and O–H groups in total. The number of unbranched alkanes of at least 4 members (excludes halogenated alkanes) is 3. The van der Waals surface area contributed by atoms with Crippen LogP contribution in [0.5, 0.6) is 0 Å². The number of aliphatic hydroxyl groups is 1. The predicted octanol–water partition coefficient (Wildman–Crippen LogP) is 3.88. The number of amides is 2. The van der Waals surface area contributed by atoms with Crippen LogP contribution in [0.25, 0.3) is 0 Å². The van der Waals surface area contributed by atoms with E-state index in [1.807, 2.05) is 41.3 Å². The first-order valence-electron chi connectivity index (χ1n) is 13.6. The molecule has 39 heavy (non-hydrogen) atoms. The van der Waals surface area contributed by atoms with Crippen molar-refractivity contribution in [2.75, 3.05) is 13.7 Å². The molecule has 2 aromatic carbocycles. The summed E-state index contributed by atoms with van der Waals surface area (Å²) in [6.07, 6.45) is 7.97. The van der Waals surface area contributed by atoms with Gasteiger partial charge in [0.25, 0.3) is 0 Å². The highest BCUT2D eigenvalue weighted by Gasteiger charge is 2.28. The Labute approximate surface area is 232 Å². The second kappa shape index (κ2) is 15.5. The Morgan fingerprint density at radius 3 is 2.56 bits per heavy atom. The number of carbonyl (C=O) groups excluding carboxylic acids is 2. The summed E-state index contributed by atoms with van der Waals surface area (Å²) < 4.78 is 31.7. The molecule has 0 spiro atoms. The predicted molar refractivity (Wildman–Crippen MR) is 151 cm³/mol. The third-order valence-electron chi connectivity index (χ3n) is 6.70. The number of aliphatic hydroxyl groups excluding tert-OH is 1. The van der Waals surface area contributed by atoms with Crippen LogP contribution in [0, 0.1) is 0 Å². The maximum Gasteiger partial charge on any atom is 0.239 e. The van der Waals surface area contributed by atoms with Crippen LogP contribution in [0.3, 0.4) is 0 Å². The minimum Gasteiger partial charge on any atom is -0.389 e. The quantitative estimate of drug-likeness (QED) is 0.240. The molecule has 0 aliphatic carbocycles. The standard InChI is InChI=1S/C30H40N2O6S/c1-38-22-26-13-9-12-25(20-26)21-28(33)17-15-27-16-18-30(35)32(27)19-8-3-2-7-14-29(34)31-39(36,37)23-24-10-5-4-6-11-24/h4-6,9-13,15,17,20,27-28,33H,2-3,7-8,14,16,18-19,21-23H2,1H3,(H,31,34)/b17-15+/t27-,28+/m0/s1. The Kier molecular flexibility index (Phi) is 12.2. The van der Waals surface area contributed by atoms with Crippen molar-refractivity contribution in [3.63, 3.8) is 0 Å². The van der Waals surface area contributed by atoms with Crippen molar-refractivity contribution < 1.29 is 27.9 Å². The van der Waals surface area contributed by atoms with E-state index in [4.69, 9.17) is 4.74 Å². The van der Waals surface area contributed by atoms with Gasteiger partial charge in [-0.3, -0.25) is 14.3 Å². The van der Waals surface area contributed by atoms with Gasteiger partial charge in [-0.1, -0.05) is 79.6 Å². The van der Waals surface area contributed by atoms with Crippen LogP contribution in [-0.4, -0.2) is 56.0 Å². The van der Waals surface area contributed by atoms with E-state index in [-0.39, 0.29) is 24.1 Å². The van der Waals surface area contributed by atoms with Gasteiger partial charge in [0.2, 0.25) is 21.8 Å². The number of sulfonamides is 1. The van der Waals surface area contributed by atoms with Crippen LogP contribution in [0.1, 0.15) is 61.6 Å². The molecule has 0 bridgehead atoms. The number of methoxy groups -OCH3 is 1. The lowest BCUT2D eigenvalue weighted by Gasteiger charge is -2.22. The Morgan fingerprint density at radius 1 is 1.08 bits per heavy atom. The molecule has 1 saturated heterocycles. The van der Waals surface area contributed by atoms with E-state index in [9.17, 15) is 23.1 Å². The molecule has 8 nitrogen and oxygen atoms in total. The van der Waals surface area contributed by atoms with Crippen LogP contribution in [0.4, 0.5) is 0 Å². The van der Waals surface area contributed by atoms with Gasteiger partial charge in [0.15, 0.2) is 0 Å². The molecule has 2 aromatic rings. The second-order valence-corrected chi connectivity index (χ2v) is 11.8. The van der Waals surface area contributed by atoms with E-state index in [0.717, 1.165) is 36.8 Å². The van der Waals surface area contributed by atoms with E-state index in [1.54, 1.807) is 37.5 Å². The molecule has 0 aromatic heterocycles. The van der Waals surface area contributed by atoms with E-state index < -0.39 is 22.0 Å². The van der Waals surface area contributed by atoms with E-state index in [2.05, 4.69) is 4.72 Å². The Hall–Kier alpha value is -3.01. The molecular weight excluding hydrogens is 516 g/mol. The summed E-state index contributed by atoms with van der Waals surface area (Å²) in [4.78, 5) is 26.4. The minimum atomic E-state index is -3.71. The van der Waals surface area contributed by atoms with Gasteiger partial charge in [-0.2, -0.15) is 0 Å². The van der Waals surface area contributed by atoms with Gasteiger partial charge in [0, 0.05) is 32.9 Å². The van der Waals surface area contributed by atoms with Gasteiger partial charge in [0.05, 0.1) is 24.5 Å². The highest BCUT2D eigenvalue weighted by molar-refractivity contribution is 7.89. The topological polar surface area (TPSA) is 113 Å². The molecule has 212 valence electrons. The van der Waals surface area contributed by atoms with Gasteiger partial charge in [-0.05, 0) is 36.0 Å². The van der Waals surface area contributed by atoms with Crippen LogP contribution < -0.4 is 4.72 Å². The maximum atomic E-state index is 12.4. The van der Waals surface area contributed by atoms with Crippen LogP contribution in [0.15, 0.2) is 66.7 Å². The van der Waals surface area contributed by atoms with Gasteiger partial charge in [0.1, 0.15) is 0 Å². The van der Waals surface area contributed by atoms with Gasteiger partial charge < -0.3 is 14.7 Å². The molecule has 3 rings (SSSR count). The lowest BCUT2D eigenvalue weighted by Crippen LogP contribution is -2.33. The van der Waals surface area contributed by atoms with Crippen molar-refractivity contribution >= 4 is 21.8 Å². The van der Waals surface area contributed by atoms with Gasteiger partial charge >= 0.3 is 0 Å². The minimum absolute atomic E-state index is 0.0208. The molecular formula is C30H40N2O6S. The highest BCUT2D eigenvalue weighted by atomic mass is 32.2. The average molecular weight is 557 g/mol. The molecule has 1 fully saturated rings. The number of hydrogen-bond donors (Lipinski definition) is 2. The number of nitrogens with one attached hydrogen (secondary N) is 1. The summed E-state index contributed by atoms with van der Waals surface area (Å²) in [5.74, 6) is -0.596. The Morgan fingerprint density at radius 2 is 1.79 bits per heavy atom. The molecule has 9 heteroatoms. The zero-order chi connectivity index (χ0) is 28.1. The first kappa shape index (κ1) is 30.5. The zero-order valence-corrected chi connectivity index (χ0v) is 23.4. The summed E-state index contributed by atoms with van der Waals surface area (Å²) in [5, 5.41) is 10.5. The number of rotatable bonds is 16. The fourth-order valence-corrected chi connectivity index (χ4v) is 5.95. The van der Waals surface area contributed by atoms with Crippen molar-refractivity contribution in [2.45, 2.75) is 75.9 Å². The molecule has 0 radical (unpaired) electrons. The monoisotopic (exact) mass is 556 g/mol. The summed E-state index contributed by atoms with van der Waals surface area (Å²) in [6.45, 7) is 1.16. The highest BCUT2D eigenvalue weighted by Crippen LogP contribution is 2.21. The summed E-state index contributed by atoms with van der Waals surface area (Å²) in [5.41, 5.74) is 2.72. The van der Waals surface area contributed by atoms with Crippen LogP contribution in [-0.2, 0) is 43.1 Å². The van der Waals surface area contributed by atoms with Crippen molar-refractivity contribution in [2.24, 2.45) is 0 Å². The molecule has 1 aliphatic heterocycles. The molecule has 2 atom stereocenters. The smallest absolute Gasteiger partial charge is 0.239 e. The zero-order valence-electron chi connectivity index (χ0n) is 22.6. The first-order valence-corrected chi connectivity index (χ1v) is 15.2. The molecule has 0 saturated carbocycles. The van der Waals surface area contributed by atoms with E-state index in [1.165, 1.54) is 0 Å². The number of benzene rings is 2. The number of likely N-dealkylation sites (tertiary alicyclic amines) is 1. The van der Waals surface area contributed by atoms with Crippen molar-refractivity contribution in [3.05, 3.63) is 83.4 Å². The number of ether oxygens (including phenoxy) is 1.